The molecule has 32 heavy (non-hydrogen) atoms. The van der Waals surface area contributed by atoms with Crippen LogP contribution in [0.15, 0.2) is 65.5 Å². The van der Waals surface area contributed by atoms with E-state index in [1.54, 1.807) is 21.3 Å². The number of hydrogen-bond donors (Lipinski definition) is 1. The normalized spacial score (nSPS) is 22.3. The second-order valence-corrected chi connectivity index (χ2v) is 8.00. The number of methoxy groups -OCH3 is 3. The number of carbonyl (C=O) groups excluding carboxylic acids is 1. The molecule has 6 heteroatoms. The summed E-state index contributed by atoms with van der Waals surface area (Å²) in [6.45, 7) is 1.87. The lowest BCUT2D eigenvalue weighted by Gasteiger charge is -2.38. The van der Waals surface area contributed by atoms with Gasteiger partial charge in [0, 0.05) is 29.7 Å². The van der Waals surface area contributed by atoms with E-state index in [1.807, 2.05) is 49.4 Å². The Morgan fingerprint density at radius 1 is 0.969 bits per heavy atom. The van der Waals surface area contributed by atoms with Crippen LogP contribution in [0, 0.1) is 17.2 Å². The molecule has 1 heterocycles. The number of nitriles is 1. The highest BCUT2D eigenvalue weighted by molar-refractivity contribution is 5.89. The van der Waals surface area contributed by atoms with Crippen molar-refractivity contribution in [3.63, 3.8) is 0 Å². The summed E-state index contributed by atoms with van der Waals surface area (Å²) < 4.78 is 16.5. The molecule has 0 saturated carbocycles. The smallest absolute Gasteiger partial charge is 0.203 e. The molecule has 164 valence electrons. The van der Waals surface area contributed by atoms with E-state index in [2.05, 4.69) is 17.5 Å². The van der Waals surface area contributed by atoms with Crippen LogP contribution in [0.5, 0.6) is 17.2 Å². The summed E-state index contributed by atoms with van der Waals surface area (Å²) in [7, 11) is 4.65. The number of benzene rings is 2. The zero-order chi connectivity index (χ0) is 22.8. The second-order valence-electron chi connectivity index (χ2n) is 8.00. The van der Waals surface area contributed by atoms with Gasteiger partial charge < -0.3 is 19.5 Å². The minimum absolute atomic E-state index is 0.000486. The van der Waals surface area contributed by atoms with Crippen molar-refractivity contribution in [2.24, 2.45) is 5.92 Å². The molecule has 3 atom stereocenters. The molecule has 1 N–H and O–H groups in total. The van der Waals surface area contributed by atoms with Crippen molar-refractivity contribution >= 4 is 5.78 Å². The minimum Gasteiger partial charge on any atom is -0.493 e. The lowest BCUT2D eigenvalue weighted by Crippen LogP contribution is -2.39. The highest BCUT2D eigenvalue weighted by Gasteiger charge is 2.43. The number of allylic oxidation sites excluding steroid dienone is 4. The SMILES string of the molecule is COc1cc(C2C(C#N)=C(C)NC3=CC(c4ccccc4)CC(=O)C32)cc(OC)c1OC. The Bertz CT molecular complexity index is 1120. The molecule has 0 bridgehead atoms. The lowest BCUT2D eigenvalue weighted by atomic mass is 9.69. The summed E-state index contributed by atoms with van der Waals surface area (Å²) in [4.78, 5) is 13.5. The fourth-order valence-electron chi connectivity index (χ4n) is 4.77. The van der Waals surface area contributed by atoms with E-state index in [1.165, 1.54) is 0 Å². The van der Waals surface area contributed by atoms with Crippen LogP contribution in [0.4, 0.5) is 0 Å². The molecule has 0 amide bonds. The molecule has 2 aromatic rings. The Hall–Kier alpha value is -3.72. The maximum absolute atomic E-state index is 13.5. The molecule has 6 nitrogen and oxygen atoms in total. The first-order valence-electron chi connectivity index (χ1n) is 10.5. The summed E-state index contributed by atoms with van der Waals surface area (Å²) in [6, 6.07) is 16.0. The van der Waals surface area contributed by atoms with Crippen LogP contribution in [-0.2, 0) is 4.79 Å². The molecule has 2 aliphatic rings. The molecule has 3 unspecified atom stereocenters. The van der Waals surface area contributed by atoms with Gasteiger partial charge in [0.2, 0.25) is 5.75 Å². The van der Waals surface area contributed by atoms with Crippen LogP contribution in [-0.4, -0.2) is 27.1 Å². The van der Waals surface area contributed by atoms with Crippen molar-refractivity contribution in [3.05, 3.63) is 76.6 Å². The highest BCUT2D eigenvalue weighted by Crippen LogP contribution is 2.49. The Morgan fingerprint density at radius 3 is 2.19 bits per heavy atom. The third-order valence-electron chi connectivity index (χ3n) is 6.26. The zero-order valence-electron chi connectivity index (χ0n) is 18.6. The van der Waals surface area contributed by atoms with Gasteiger partial charge in [0.1, 0.15) is 5.78 Å². The van der Waals surface area contributed by atoms with E-state index in [0.29, 0.717) is 29.2 Å². The fourth-order valence-corrected chi connectivity index (χ4v) is 4.77. The number of ketones is 1. The van der Waals surface area contributed by atoms with Crippen LogP contribution >= 0.6 is 0 Å². The van der Waals surface area contributed by atoms with E-state index in [-0.39, 0.29) is 11.7 Å². The molecule has 1 aliphatic heterocycles. The third kappa shape index (κ3) is 3.60. The molecule has 2 aromatic carbocycles. The molecule has 0 aromatic heterocycles. The van der Waals surface area contributed by atoms with E-state index >= 15 is 0 Å². The van der Waals surface area contributed by atoms with Crippen molar-refractivity contribution in [3.8, 4) is 23.3 Å². The molecule has 0 radical (unpaired) electrons. The van der Waals surface area contributed by atoms with Gasteiger partial charge in [-0.05, 0) is 30.2 Å². The Morgan fingerprint density at radius 2 is 1.62 bits per heavy atom. The van der Waals surface area contributed by atoms with Crippen molar-refractivity contribution in [2.75, 3.05) is 21.3 Å². The number of nitrogens with one attached hydrogen (secondary N) is 1. The number of Topliss-reactive ketones (excluding diaryl/α,β-unsaturated/α-hetero) is 1. The van der Waals surface area contributed by atoms with Gasteiger partial charge in [-0.15, -0.1) is 0 Å². The maximum atomic E-state index is 13.5. The van der Waals surface area contributed by atoms with Gasteiger partial charge >= 0.3 is 0 Å². The van der Waals surface area contributed by atoms with Crippen molar-refractivity contribution in [1.82, 2.24) is 5.32 Å². The monoisotopic (exact) mass is 430 g/mol. The standard InChI is InChI=1S/C26H26N2O4/c1-15-19(14-27)24(18-12-22(30-2)26(32-4)23(13-18)31-3)25-20(28-15)10-17(11-21(25)29)16-8-6-5-7-9-16/h5-10,12-13,17,24-25,28H,11H2,1-4H3. The number of nitrogens with zero attached hydrogens (tertiary/aromatic N) is 1. The summed E-state index contributed by atoms with van der Waals surface area (Å²) in [5.41, 5.74) is 4.00. The maximum Gasteiger partial charge on any atom is 0.203 e. The average molecular weight is 431 g/mol. The zero-order valence-corrected chi connectivity index (χ0v) is 18.6. The topological polar surface area (TPSA) is 80.6 Å². The van der Waals surface area contributed by atoms with Crippen LogP contribution in [0.25, 0.3) is 0 Å². The van der Waals surface area contributed by atoms with Crippen LogP contribution in [0.2, 0.25) is 0 Å². The summed E-state index contributed by atoms with van der Waals surface area (Å²) in [5, 5.41) is 13.3. The van der Waals surface area contributed by atoms with Gasteiger partial charge in [-0.25, -0.2) is 0 Å². The van der Waals surface area contributed by atoms with Crippen molar-refractivity contribution in [2.45, 2.75) is 25.2 Å². The van der Waals surface area contributed by atoms with E-state index in [0.717, 1.165) is 22.5 Å². The van der Waals surface area contributed by atoms with Gasteiger partial charge in [0.05, 0.1) is 38.9 Å². The first-order chi connectivity index (χ1) is 15.5. The molecule has 1 aliphatic carbocycles. The number of hydrogen-bond acceptors (Lipinski definition) is 6. The number of ether oxygens (including phenoxy) is 3. The number of carbonyl (C=O) groups is 1. The average Bonchev–Trinajstić information content (AvgIpc) is 2.82. The van der Waals surface area contributed by atoms with Gasteiger partial charge in [-0.1, -0.05) is 36.4 Å². The van der Waals surface area contributed by atoms with Gasteiger partial charge in [0.15, 0.2) is 11.5 Å². The van der Waals surface area contributed by atoms with Crippen molar-refractivity contribution in [1.29, 1.82) is 5.26 Å². The van der Waals surface area contributed by atoms with Crippen molar-refractivity contribution < 1.29 is 19.0 Å². The predicted molar refractivity (Wildman–Crippen MR) is 121 cm³/mol. The molecular weight excluding hydrogens is 404 g/mol. The largest absolute Gasteiger partial charge is 0.493 e. The highest BCUT2D eigenvalue weighted by atomic mass is 16.5. The van der Waals surface area contributed by atoms with E-state index in [4.69, 9.17) is 14.2 Å². The number of fused-ring (bicyclic) bond motifs is 1. The Balaban J connectivity index is 1.86. The van der Waals surface area contributed by atoms with Crippen LogP contribution in [0.3, 0.4) is 0 Å². The summed E-state index contributed by atoms with van der Waals surface area (Å²) >= 11 is 0. The molecule has 4 rings (SSSR count). The first kappa shape index (κ1) is 21.5. The van der Waals surface area contributed by atoms with Crippen LogP contribution in [0.1, 0.15) is 36.3 Å². The van der Waals surface area contributed by atoms with Gasteiger partial charge in [-0.2, -0.15) is 5.26 Å². The van der Waals surface area contributed by atoms with Gasteiger partial charge in [0.25, 0.3) is 0 Å². The van der Waals surface area contributed by atoms with E-state index in [9.17, 15) is 10.1 Å². The van der Waals surface area contributed by atoms with Gasteiger partial charge in [-0.3, -0.25) is 4.79 Å². The third-order valence-corrected chi connectivity index (χ3v) is 6.26. The minimum atomic E-state index is -0.476. The molecule has 0 saturated heterocycles. The fraction of sp³-hybridized carbons (Fsp3) is 0.308. The Labute approximate surface area is 188 Å². The van der Waals surface area contributed by atoms with E-state index < -0.39 is 11.8 Å². The first-order valence-corrected chi connectivity index (χ1v) is 10.5. The quantitative estimate of drug-likeness (QED) is 0.755. The molecule has 0 fully saturated rings. The summed E-state index contributed by atoms with van der Waals surface area (Å²) in [5.74, 6) is 0.642. The summed E-state index contributed by atoms with van der Waals surface area (Å²) in [6.07, 6.45) is 2.52. The number of rotatable bonds is 5. The predicted octanol–water partition coefficient (Wildman–Crippen LogP) is 4.45. The Kier molecular flexibility index (Phi) is 5.91. The van der Waals surface area contributed by atoms with Crippen LogP contribution < -0.4 is 19.5 Å². The lowest BCUT2D eigenvalue weighted by molar-refractivity contribution is -0.123. The molecular formula is C26H26N2O4. The molecule has 0 spiro atoms. The second kappa shape index (κ2) is 8.80.